The fraction of sp³-hybridized carbons (Fsp3) is 0.333. The van der Waals surface area contributed by atoms with Crippen LogP contribution < -0.4 is 10.5 Å². The van der Waals surface area contributed by atoms with Gasteiger partial charge in [-0.1, -0.05) is 0 Å². The normalized spacial score (nSPS) is 14.9. The molecule has 0 aliphatic heterocycles. The molecule has 3 rings (SSSR count). The van der Waals surface area contributed by atoms with Crippen LogP contribution in [0.25, 0.3) is 11.4 Å². The second kappa shape index (κ2) is 3.76. The smallest absolute Gasteiger partial charge is 0.184 e. The number of H-pyrrole nitrogens is 1. The van der Waals surface area contributed by atoms with Gasteiger partial charge in [0, 0.05) is 11.6 Å². The number of methoxy groups -OCH3 is 1. The Labute approximate surface area is 99.0 Å². The molecule has 0 atom stereocenters. The molecule has 1 aromatic carbocycles. The van der Waals surface area contributed by atoms with Crippen molar-refractivity contribution in [1.82, 2.24) is 15.2 Å². The van der Waals surface area contributed by atoms with E-state index in [0.717, 1.165) is 17.1 Å². The van der Waals surface area contributed by atoms with Crippen LogP contribution in [0.5, 0.6) is 5.75 Å². The van der Waals surface area contributed by atoms with Crippen LogP contribution in [0.15, 0.2) is 18.2 Å². The Morgan fingerprint density at radius 2 is 2.24 bits per heavy atom. The van der Waals surface area contributed by atoms with Gasteiger partial charge in [0.05, 0.1) is 12.7 Å². The van der Waals surface area contributed by atoms with Crippen LogP contribution in [0.2, 0.25) is 0 Å². The van der Waals surface area contributed by atoms with E-state index in [1.807, 2.05) is 12.1 Å². The van der Waals surface area contributed by atoms with Gasteiger partial charge in [0.1, 0.15) is 11.6 Å². The minimum Gasteiger partial charge on any atom is -0.496 e. The zero-order chi connectivity index (χ0) is 11.8. The number of benzene rings is 1. The van der Waals surface area contributed by atoms with Crippen LogP contribution in [0.4, 0.5) is 5.69 Å². The first-order chi connectivity index (χ1) is 8.28. The van der Waals surface area contributed by atoms with E-state index >= 15 is 0 Å². The van der Waals surface area contributed by atoms with Gasteiger partial charge in [-0.3, -0.25) is 5.10 Å². The van der Waals surface area contributed by atoms with Gasteiger partial charge < -0.3 is 10.5 Å². The van der Waals surface area contributed by atoms with Crippen LogP contribution in [0.3, 0.4) is 0 Å². The average Bonchev–Trinajstić information content (AvgIpc) is 3.07. The van der Waals surface area contributed by atoms with Crippen LogP contribution in [0.1, 0.15) is 24.6 Å². The van der Waals surface area contributed by atoms with Gasteiger partial charge in [-0.2, -0.15) is 5.10 Å². The Bertz CT molecular complexity index is 545. The number of nitrogens with zero attached hydrogens (tertiary/aromatic N) is 2. The molecule has 0 radical (unpaired) electrons. The summed E-state index contributed by atoms with van der Waals surface area (Å²) in [4.78, 5) is 4.49. The first kappa shape index (κ1) is 10.1. The van der Waals surface area contributed by atoms with Crippen molar-refractivity contribution in [3.63, 3.8) is 0 Å². The summed E-state index contributed by atoms with van der Waals surface area (Å²) in [5.74, 6) is 2.91. The predicted molar refractivity (Wildman–Crippen MR) is 64.8 cm³/mol. The Morgan fingerprint density at radius 1 is 1.41 bits per heavy atom. The lowest BCUT2D eigenvalue weighted by Crippen LogP contribution is -1.92. The lowest BCUT2D eigenvalue weighted by atomic mass is 10.1. The van der Waals surface area contributed by atoms with Gasteiger partial charge in [-0.15, -0.1) is 0 Å². The third-order valence-electron chi connectivity index (χ3n) is 2.93. The zero-order valence-corrected chi connectivity index (χ0v) is 9.60. The summed E-state index contributed by atoms with van der Waals surface area (Å²) in [7, 11) is 1.63. The number of nitrogens with one attached hydrogen (secondary N) is 1. The van der Waals surface area contributed by atoms with Crippen molar-refractivity contribution in [3.8, 4) is 17.1 Å². The number of nitrogen functional groups attached to an aromatic ring is 1. The lowest BCUT2D eigenvalue weighted by Gasteiger charge is -2.05. The summed E-state index contributed by atoms with van der Waals surface area (Å²) in [5.41, 5.74) is 7.29. The molecule has 1 aromatic heterocycles. The second-order valence-corrected chi connectivity index (χ2v) is 4.28. The van der Waals surface area contributed by atoms with Crippen molar-refractivity contribution < 1.29 is 4.74 Å². The first-order valence-electron chi connectivity index (χ1n) is 5.64. The third-order valence-corrected chi connectivity index (χ3v) is 2.93. The predicted octanol–water partition coefficient (Wildman–Crippen LogP) is 1.94. The molecule has 5 nitrogen and oxygen atoms in total. The molecule has 0 amide bonds. The van der Waals surface area contributed by atoms with Gasteiger partial charge in [0.2, 0.25) is 0 Å². The molecular weight excluding hydrogens is 216 g/mol. The Hall–Kier alpha value is -2.04. The lowest BCUT2D eigenvalue weighted by molar-refractivity contribution is 0.416. The van der Waals surface area contributed by atoms with E-state index < -0.39 is 0 Å². The van der Waals surface area contributed by atoms with E-state index in [-0.39, 0.29) is 0 Å². The Morgan fingerprint density at radius 3 is 2.94 bits per heavy atom. The highest BCUT2D eigenvalue weighted by molar-refractivity contribution is 5.68. The highest BCUT2D eigenvalue weighted by Gasteiger charge is 2.27. The summed E-state index contributed by atoms with van der Waals surface area (Å²) < 4.78 is 5.29. The van der Waals surface area contributed by atoms with Crippen molar-refractivity contribution in [2.24, 2.45) is 0 Å². The van der Waals surface area contributed by atoms with Gasteiger partial charge in [-0.25, -0.2) is 4.98 Å². The van der Waals surface area contributed by atoms with Crippen molar-refractivity contribution in [1.29, 1.82) is 0 Å². The van der Waals surface area contributed by atoms with Gasteiger partial charge in [-0.05, 0) is 31.0 Å². The molecule has 0 unspecified atom stereocenters. The van der Waals surface area contributed by atoms with Crippen LogP contribution in [0, 0.1) is 0 Å². The second-order valence-electron chi connectivity index (χ2n) is 4.28. The van der Waals surface area contributed by atoms with Crippen LogP contribution in [-0.4, -0.2) is 22.3 Å². The molecule has 1 fully saturated rings. The maximum atomic E-state index is 5.78. The van der Waals surface area contributed by atoms with E-state index in [2.05, 4.69) is 15.2 Å². The summed E-state index contributed by atoms with van der Waals surface area (Å²) in [6, 6.07) is 5.47. The number of nitrogens with two attached hydrogens (primary N) is 1. The van der Waals surface area contributed by atoms with Gasteiger partial charge >= 0.3 is 0 Å². The summed E-state index contributed by atoms with van der Waals surface area (Å²) >= 11 is 0. The topological polar surface area (TPSA) is 76.8 Å². The highest BCUT2D eigenvalue weighted by atomic mass is 16.5. The van der Waals surface area contributed by atoms with E-state index in [1.54, 1.807) is 13.2 Å². The van der Waals surface area contributed by atoms with Crippen molar-refractivity contribution in [2.75, 3.05) is 12.8 Å². The zero-order valence-electron chi connectivity index (χ0n) is 9.60. The maximum Gasteiger partial charge on any atom is 0.184 e. The molecule has 2 aromatic rings. The number of hydrogen-bond donors (Lipinski definition) is 2. The quantitative estimate of drug-likeness (QED) is 0.790. The number of rotatable bonds is 3. The number of anilines is 1. The summed E-state index contributed by atoms with van der Waals surface area (Å²) in [6.45, 7) is 0. The standard InChI is InChI=1S/C12H14N4O/c1-17-10-5-4-8(13)6-9(10)12-14-11(15-16-12)7-2-3-7/h4-7H,2-3,13H2,1H3,(H,14,15,16). The molecule has 0 bridgehead atoms. The molecular formula is C12H14N4O. The number of hydrogen-bond acceptors (Lipinski definition) is 4. The largest absolute Gasteiger partial charge is 0.496 e. The van der Waals surface area contributed by atoms with E-state index in [1.165, 1.54) is 12.8 Å². The highest BCUT2D eigenvalue weighted by Crippen LogP contribution is 2.39. The third kappa shape index (κ3) is 1.84. The first-order valence-corrected chi connectivity index (χ1v) is 5.64. The number of aromatic amines is 1. The molecule has 3 N–H and O–H groups in total. The molecule has 1 aliphatic rings. The average molecular weight is 230 g/mol. The minimum absolute atomic E-state index is 0.559. The maximum absolute atomic E-state index is 5.78. The minimum atomic E-state index is 0.559. The molecule has 0 spiro atoms. The van der Waals surface area contributed by atoms with E-state index in [9.17, 15) is 0 Å². The number of aromatic nitrogens is 3. The molecule has 5 heteroatoms. The van der Waals surface area contributed by atoms with Crippen LogP contribution in [-0.2, 0) is 0 Å². The molecule has 1 aliphatic carbocycles. The van der Waals surface area contributed by atoms with E-state index in [4.69, 9.17) is 10.5 Å². The summed E-state index contributed by atoms with van der Waals surface area (Å²) in [6.07, 6.45) is 2.39. The SMILES string of the molecule is COc1ccc(N)cc1-c1n[nH]c(C2CC2)n1. The summed E-state index contributed by atoms with van der Waals surface area (Å²) in [5, 5.41) is 7.21. The molecule has 1 heterocycles. The van der Waals surface area contributed by atoms with Crippen molar-refractivity contribution >= 4 is 5.69 Å². The number of ether oxygens (including phenoxy) is 1. The fourth-order valence-electron chi connectivity index (χ4n) is 1.83. The van der Waals surface area contributed by atoms with Crippen LogP contribution >= 0.6 is 0 Å². The molecule has 1 saturated carbocycles. The fourth-order valence-corrected chi connectivity index (χ4v) is 1.83. The monoisotopic (exact) mass is 230 g/mol. The van der Waals surface area contributed by atoms with Gasteiger partial charge in [0.25, 0.3) is 0 Å². The van der Waals surface area contributed by atoms with Crippen molar-refractivity contribution in [3.05, 3.63) is 24.0 Å². The Kier molecular flexibility index (Phi) is 2.24. The van der Waals surface area contributed by atoms with Crippen molar-refractivity contribution in [2.45, 2.75) is 18.8 Å². The van der Waals surface area contributed by atoms with E-state index in [0.29, 0.717) is 17.4 Å². The Balaban J connectivity index is 2.03. The molecule has 88 valence electrons. The molecule has 0 saturated heterocycles. The van der Waals surface area contributed by atoms with Gasteiger partial charge in [0.15, 0.2) is 5.82 Å². The molecule has 17 heavy (non-hydrogen) atoms.